The van der Waals surface area contributed by atoms with Crippen molar-refractivity contribution >= 4 is 17.5 Å². The van der Waals surface area contributed by atoms with Crippen LogP contribution in [0.2, 0.25) is 0 Å². The molecule has 1 aliphatic heterocycles. The minimum atomic E-state index is -0.269. The zero-order chi connectivity index (χ0) is 21.8. The normalized spacial score (nSPS) is 16.4. The number of benzene rings is 2. The van der Waals surface area contributed by atoms with Gasteiger partial charge in [-0.15, -0.1) is 0 Å². The second-order valence-electron chi connectivity index (χ2n) is 8.33. The van der Waals surface area contributed by atoms with Crippen molar-refractivity contribution in [2.75, 3.05) is 23.3 Å². The summed E-state index contributed by atoms with van der Waals surface area (Å²) in [6, 6.07) is 14.3. The lowest BCUT2D eigenvalue weighted by Gasteiger charge is -2.32. The van der Waals surface area contributed by atoms with Crippen LogP contribution in [0.5, 0.6) is 0 Å². The van der Waals surface area contributed by atoms with Gasteiger partial charge in [-0.05, 0) is 54.2 Å². The number of piperidine rings is 1. The number of amides is 1. The second kappa shape index (κ2) is 9.25. The van der Waals surface area contributed by atoms with E-state index in [4.69, 9.17) is 0 Å². The van der Waals surface area contributed by atoms with Crippen LogP contribution in [0.3, 0.4) is 0 Å². The van der Waals surface area contributed by atoms with E-state index in [1.165, 1.54) is 17.7 Å². The van der Waals surface area contributed by atoms with Crippen molar-refractivity contribution in [1.29, 1.82) is 0 Å². The van der Waals surface area contributed by atoms with E-state index in [0.29, 0.717) is 18.4 Å². The molecule has 31 heavy (non-hydrogen) atoms. The Kier molecular flexibility index (Phi) is 6.26. The van der Waals surface area contributed by atoms with Gasteiger partial charge in [0.1, 0.15) is 5.82 Å². The molecule has 1 atom stereocenters. The molecule has 2 aromatic carbocycles. The average molecular weight is 419 g/mol. The number of anilines is 2. The topological polar surface area (TPSA) is 58.1 Å². The molecule has 3 aromatic rings. The maximum absolute atomic E-state index is 13.1. The quantitative estimate of drug-likeness (QED) is 0.614. The SMILES string of the molecule is CC(C)c1ccc(NC(=O)[C@@H]2CCCN(c3ncc(-c4ccc(F)cc4)cn3)C2)cc1. The summed E-state index contributed by atoms with van der Waals surface area (Å²) in [5.74, 6) is 0.731. The Morgan fingerprint density at radius 2 is 1.71 bits per heavy atom. The average Bonchev–Trinajstić information content (AvgIpc) is 2.80. The molecule has 0 aliphatic carbocycles. The summed E-state index contributed by atoms with van der Waals surface area (Å²) in [7, 11) is 0. The molecule has 2 heterocycles. The molecule has 160 valence electrons. The standard InChI is InChI=1S/C25H27FN4O/c1-17(2)18-7-11-23(12-8-18)29-24(31)20-4-3-13-30(16-20)25-27-14-21(15-28-25)19-5-9-22(26)10-6-19/h5-12,14-15,17,20H,3-4,13,16H2,1-2H3,(H,29,31)/t20-/m1/s1. The molecule has 0 saturated carbocycles. The fourth-order valence-electron chi connectivity index (χ4n) is 3.84. The van der Waals surface area contributed by atoms with Crippen LogP contribution in [-0.4, -0.2) is 29.0 Å². The summed E-state index contributed by atoms with van der Waals surface area (Å²) < 4.78 is 13.1. The highest BCUT2D eigenvalue weighted by Crippen LogP contribution is 2.24. The number of aromatic nitrogens is 2. The second-order valence-corrected chi connectivity index (χ2v) is 8.33. The minimum absolute atomic E-state index is 0.0323. The predicted octanol–water partition coefficient (Wildman–Crippen LogP) is 5.26. The van der Waals surface area contributed by atoms with E-state index in [9.17, 15) is 9.18 Å². The molecule has 1 aliphatic rings. The van der Waals surface area contributed by atoms with Crippen molar-refractivity contribution in [3.05, 3.63) is 72.3 Å². The molecule has 4 rings (SSSR count). The summed E-state index contributed by atoms with van der Waals surface area (Å²) in [6.45, 7) is 5.71. The van der Waals surface area contributed by atoms with Crippen LogP contribution in [0.4, 0.5) is 16.0 Å². The highest BCUT2D eigenvalue weighted by molar-refractivity contribution is 5.93. The van der Waals surface area contributed by atoms with Gasteiger partial charge in [-0.25, -0.2) is 14.4 Å². The molecule has 0 unspecified atom stereocenters. The maximum atomic E-state index is 13.1. The van der Waals surface area contributed by atoms with Crippen molar-refractivity contribution in [3.63, 3.8) is 0 Å². The van der Waals surface area contributed by atoms with Crippen molar-refractivity contribution in [3.8, 4) is 11.1 Å². The van der Waals surface area contributed by atoms with Crippen LogP contribution in [0.15, 0.2) is 60.9 Å². The molecule has 1 N–H and O–H groups in total. The molecule has 0 radical (unpaired) electrons. The molecule has 0 spiro atoms. The number of rotatable bonds is 5. The van der Waals surface area contributed by atoms with Crippen molar-refractivity contribution in [2.45, 2.75) is 32.6 Å². The lowest BCUT2D eigenvalue weighted by molar-refractivity contribution is -0.120. The predicted molar refractivity (Wildman–Crippen MR) is 122 cm³/mol. The fourth-order valence-corrected chi connectivity index (χ4v) is 3.84. The zero-order valence-corrected chi connectivity index (χ0v) is 17.9. The van der Waals surface area contributed by atoms with E-state index in [1.54, 1.807) is 24.5 Å². The Balaban J connectivity index is 1.39. The third kappa shape index (κ3) is 5.08. The van der Waals surface area contributed by atoms with Gasteiger partial charge in [0.2, 0.25) is 11.9 Å². The van der Waals surface area contributed by atoms with Crippen molar-refractivity contribution in [2.24, 2.45) is 5.92 Å². The number of hydrogen-bond acceptors (Lipinski definition) is 4. The number of nitrogens with one attached hydrogen (secondary N) is 1. The van der Waals surface area contributed by atoms with Crippen molar-refractivity contribution in [1.82, 2.24) is 9.97 Å². The van der Waals surface area contributed by atoms with E-state index in [1.807, 2.05) is 12.1 Å². The zero-order valence-electron chi connectivity index (χ0n) is 17.9. The number of carbonyl (C=O) groups excluding carboxylic acids is 1. The molecule has 5 nitrogen and oxygen atoms in total. The van der Waals surface area contributed by atoms with Crippen LogP contribution in [0.1, 0.15) is 38.2 Å². The first kappa shape index (κ1) is 21.0. The molecule has 1 saturated heterocycles. The summed E-state index contributed by atoms with van der Waals surface area (Å²) in [4.78, 5) is 23.9. The van der Waals surface area contributed by atoms with Gasteiger partial charge in [0, 0.05) is 36.7 Å². The third-order valence-corrected chi connectivity index (χ3v) is 5.74. The van der Waals surface area contributed by atoms with E-state index in [0.717, 1.165) is 36.2 Å². The van der Waals surface area contributed by atoms with E-state index >= 15 is 0 Å². The van der Waals surface area contributed by atoms with Crippen LogP contribution in [0, 0.1) is 11.7 Å². The highest BCUT2D eigenvalue weighted by Gasteiger charge is 2.27. The third-order valence-electron chi connectivity index (χ3n) is 5.74. The van der Waals surface area contributed by atoms with E-state index in [-0.39, 0.29) is 17.6 Å². The molecular weight excluding hydrogens is 391 g/mol. The summed E-state index contributed by atoms with van der Waals surface area (Å²) >= 11 is 0. The van der Waals surface area contributed by atoms with Gasteiger partial charge in [0.25, 0.3) is 0 Å². The van der Waals surface area contributed by atoms with E-state index < -0.39 is 0 Å². The molecule has 1 fully saturated rings. The summed E-state index contributed by atoms with van der Waals surface area (Å²) in [6.07, 6.45) is 5.25. The van der Waals surface area contributed by atoms with E-state index in [2.05, 4.69) is 46.2 Å². The molecular formula is C25H27FN4O. The van der Waals surface area contributed by atoms with Gasteiger partial charge in [-0.2, -0.15) is 0 Å². The Morgan fingerprint density at radius 3 is 2.35 bits per heavy atom. The maximum Gasteiger partial charge on any atom is 0.229 e. The molecule has 1 aromatic heterocycles. The number of carbonyl (C=O) groups is 1. The van der Waals surface area contributed by atoms with Crippen LogP contribution in [0.25, 0.3) is 11.1 Å². The highest BCUT2D eigenvalue weighted by atomic mass is 19.1. The first-order valence-electron chi connectivity index (χ1n) is 10.7. The minimum Gasteiger partial charge on any atom is -0.340 e. The molecule has 6 heteroatoms. The number of halogens is 1. The number of nitrogens with zero attached hydrogens (tertiary/aromatic N) is 3. The van der Waals surface area contributed by atoms with Gasteiger partial charge in [0.05, 0.1) is 5.92 Å². The monoisotopic (exact) mass is 418 g/mol. The lowest BCUT2D eigenvalue weighted by Crippen LogP contribution is -2.41. The smallest absolute Gasteiger partial charge is 0.229 e. The lowest BCUT2D eigenvalue weighted by atomic mass is 9.97. The number of hydrogen-bond donors (Lipinski definition) is 1. The van der Waals surface area contributed by atoms with Gasteiger partial charge >= 0.3 is 0 Å². The van der Waals surface area contributed by atoms with Crippen LogP contribution >= 0.6 is 0 Å². The van der Waals surface area contributed by atoms with Gasteiger partial charge in [0.15, 0.2) is 0 Å². The Labute approximate surface area is 182 Å². The Bertz CT molecular complexity index is 1020. The Hall–Kier alpha value is -3.28. The molecule has 0 bridgehead atoms. The fraction of sp³-hybridized carbons (Fsp3) is 0.320. The van der Waals surface area contributed by atoms with Gasteiger partial charge in [-0.1, -0.05) is 38.1 Å². The summed E-state index contributed by atoms with van der Waals surface area (Å²) in [5, 5.41) is 3.05. The first-order valence-corrected chi connectivity index (χ1v) is 10.7. The van der Waals surface area contributed by atoms with Crippen LogP contribution < -0.4 is 10.2 Å². The largest absolute Gasteiger partial charge is 0.340 e. The van der Waals surface area contributed by atoms with Gasteiger partial charge < -0.3 is 10.2 Å². The summed E-state index contributed by atoms with van der Waals surface area (Å²) in [5.41, 5.74) is 3.78. The van der Waals surface area contributed by atoms with Crippen LogP contribution in [-0.2, 0) is 4.79 Å². The van der Waals surface area contributed by atoms with Gasteiger partial charge in [-0.3, -0.25) is 4.79 Å². The van der Waals surface area contributed by atoms with Crippen molar-refractivity contribution < 1.29 is 9.18 Å². The first-order chi connectivity index (χ1) is 15.0. The molecule has 1 amide bonds. The Morgan fingerprint density at radius 1 is 1.03 bits per heavy atom.